The molecule has 0 aromatic rings. The number of rotatable bonds is 2. The van der Waals surface area contributed by atoms with Gasteiger partial charge in [0.25, 0.3) is 0 Å². The van der Waals surface area contributed by atoms with Crippen LogP contribution in [-0.2, 0) is 4.79 Å². The summed E-state index contributed by atoms with van der Waals surface area (Å²) < 4.78 is 0. The van der Waals surface area contributed by atoms with Crippen LogP contribution >= 0.6 is 0 Å². The molecule has 1 saturated carbocycles. The van der Waals surface area contributed by atoms with E-state index < -0.39 is 0 Å². The lowest BCUT2D eigenvalue weighted by atomic mass is 9.69. The van der Waals surface area contributed by atoms with E-state index in [1.54, 1.807) is 0 Å². The fourth-order valence-corrected chi connectivity index (χ4v) is 2.89. The van der Waals surface area contributed by atoms with E-state index >= 15 is 0 Å². The minimum absolute atomic E-state index is 0.0252. The van der Waals surface area contributed by atoms with Gasteiger partial charge in [-0.25, -0.2) is 0 Å². The number of hydrogen-bond donors (Lipinski definition) is 0. The molecule has 0 unspecified atom stereocenters. The lowest BCUT2D eigenvalue weighted by molar-refractivity contribution is -0.150. The molecule has 3 nitrogen and oxygen atoms in total. The second-order valence-electron chi connectivity index (χ2n) is 5.66. The molecule has 0 spiro atoms. The van der Waals surface area contributed by atoms with Crippen LogP contribution in [0.5, 0.6) is 0 Å². The van der Waals surface area contributed by atoms with Crippen LogP contribution in [0.2, 0.25) is 0 Å². The van der Waals surface area contributed by atoms with Gasteiger partial charge in [-0.1, -0.05) is 20.3 Å². The SMILES string of the molecule is CCN1CCN(C(=O)C2(C)CCC2)[C@H](C)C1. The summed E-state index contributed by atoms with van der Waals surface area (Å²) in [6.45, 7) is 10.6. The van der Waals surface area contributed by atoms with Crippen LogP contribution in [0.25, 0.3) is 0 Å². The molecule has 16 heavy (non-hydrogen) atoms. The van der Waals surface area contributed by atoms with Crippen LogP contribution in [0.15, 0.2) is 0 Å². The highest BCUT2D eigenvalue weighted by Gasteiger charge is 2.43. The summed E-state index contributed by atoms with van der Waals surface area (Å²) in [5.74, 6) is 0.405. The zero-order chi connectivity index (χ0) is 11.8. The van der Waals surface area contributed by atoms with Crippen LogP contribution in [0, 0.1) is 5.41 Å². The second-order valence-corrected chi connectivity index (χ2v) is 5.66. The molecule has 2 rings (SSSR count). The molecule has 1 aliphatic carbocycles. The Hall–Kier alpha value is -0.570. The zero-order valence-corrected chi connectivity index (χ0v) is 10.8. The number of carbonyl (C=O) groups excluding carboxylic acids is 1. The summed E-state index contributed by atoms with van der Waals surface area (Å²) in [5, 5.41) is 0. The Balaban J connectivity index is 1.97. The number of amides is 1. The highest BCUT2D eigenvalue weighted by atomic mass is 16.2. The quantitative estimate of drug-likeness (QED) is 0.713. The van der Waals surface area contributed by atoms with E-state index in [0.29, 0.717) is 11.9 Å². The standard InChI is InChI=1S/C13H24N2O/c1-4-14-8-9-15(11(2)10-14)12(16)13(3)6-5-7-13/h11H,4-10H2,1-3H3/t11-/m1/s1. The van der Waals surface area contributed by atoms with Crippen molar-refractivity contribution in [3.8, 4) is 0 Å². The monoisotopic (exact) mass is 224 g/mol. The minimum Gasteiger partial charge on any atom is -0.337 e. The Bertz CT molecular complexity index is 273. The third-order valence-electron chi connectivity index (χ3n) is 4.39. The first-order chi connectivity index (χ1) is 7.57. The van der Waals surface area contributed by atoms with E-state index in [9.17, 15) is 4.79 Å². The predicted octanol–water partition coefficient (Wildman–Crippen LogP) is 1.73. The Morgan fingerprint density at radius 3 is 2.50 bits per heavy atom. The number of likely N-dealkylation sites (N-methyl/N-ethyl adjacent to an activating group) is 1. The number of piperazine rings is 1. The van der Waals surface area contributed by atoms with Gasteiger partial charge in [-0.3, -0.25) is 9.69 Å². The molecule has 92 valence electrons. The maximum Gasteiger partial charge on any atom is 0.228 e. The van der Waals surface area contributed by atoms with Gasteiger partial charge in [0.2, 0.25) is 5.91 Å². The van der Waals surface area contributed by atoms with Crippen molar-refractivity contribution < 1.29 is 4.79 Å². The summed E-state index contributed by atoms with van der Waals surface area (Å²) in [5.41, 5.74) is -0.0252. The van der Waals surface area contributed by atoms with E-state index in [2.05, 4.69) is 30.6 Å². The molecule has 2 fully saturated rings. The van der Waals surface area contributed by atoms with Crippen LogP contribution in [0.1, 0.15) is 40.0 Å². The van der Waals surface area contributed by atoms with Crippen molar-refractivity contribution in [1.29, 1.82) is 0 Å². The van der Waals surface area contributed by atoms with Crippen molar-refractivity contribution >= 4 is 5.91 Å². The summed E-state index contributed by atoms with van der Waals surface area (Å²) in [7, 11) is 0. The maximum atomic E-state index is 12.4. The fraction of sp³-hybridized carbons (Fsp3) is 0.923. The lowest BCUT2D eigenvalue weighted by Gasteiger charge is -2.46. The molecule has 2 aliphatic rings. The lowest BCUT2D eigenvalue weighted by Crippen LogP contribution is -2.58. The Kier molecular flexibility index (Phi) is 3.24. The molecule has 1 amide bonds. The van der Waals surface area contributed by atoms with Crippen molar-refractivity contribution in [1.82, 2.24) is 9.80 Å². The minimum atomic E-state index is -0.0252. The number of carbonyl (C=O) groups is 1. The molecule has 0 bridgehead atoms. The molecule has 1 atom stereocenters. The van der Waals surface area contributed by atoms with E-state index in [1.165, 1.54) is 6.42 Å². The average Bonchev–Trinajstić information content (AvgIpc) is 2.24. The fourth-order valence-electron chi connectivity index (χ4n) is 2.89. The van der Waals surface area contributed by atoms with Crippen molar-refractivity contribution in [2.24, 2.45) is 5.41 Å². The van der Waals surface area contributed by atoms with Crippen molar-refractivity contribution in [3.05, 3.63) is 0 Å². The third-order valence-corrected chi connectivity index (χ3v) is 4.39. The first-order valence-electron chi connectivity index (χ1n) is 6.60. The smallest absolute Gasteiger partial charge is 0.228 e. The molecule has 1 saturated heterocycles. The van der Waals surface area contributed by atoms with Crippen molar-refractivity contribution in [2.75, 3.05) is 26.2 Å². The predicted molar refractivity (Wildman–Crippen MR) is 65.2 cm³/mol. The van der Waals surface area contributed by atoms with Gasteiger partial charge in [-0.15, -0.1) is 0 Å². The summed E-state index contributed by atoms with van der Waals surface area (Å²) in [6.07, 6.45) is 3.41. The van der Waals surface area contributed by atoms with Crippen LogP contribution in [0.3, 0.4) is 0 Å². The Labute approximate surface area is 98.8 Å². The summed E-state index contributed by atoms with van der Waals surface area (Å²) >= 11 is 0. The largest absolute Gasteiger partial charge is 0.337 e. The average molecular weight is 224 g/mol. The molecule has 0 aromatic carbocycles. The van der Waals surface area contributed by atoms with Gasteiger partial charge in [0.15, 0.2) is 0 Å². The molecule has 1 aliphatic heterocycles. The zero-order valence-electron chi connectivity index (χ0n) is 10.8. The second kappa shape index (κ2) is 4.36. The first kappa shape index (κ1) is 11.9. The molecule has 3 heteroatoms. The van der Waals surface area contributed by atoms with E-state index in [4.69, 9.17) is 0 Å². The molecule has 0 aromatic heterocycles. The summed E-state index contributed by atoms with van der Waals surface area (Å²) in [4.78, 5) is 17.0. The van der Waals surface area contributed by atoms with Gasteiger partial charge in [-0.2, -0.15) is 0 Å². The molecule has 1 heterocycles. The van der Waals surface area contributed by atoms with Crippen molar-refractivity contribution in [2.45, 2.75) is 46.1 Å². The van der Waals surface area contributed by atoms with Gasteiger partial charge in [-0.05, 0) is 26.3 Å². The first-order valence-corrected chi connectivity index (χ1v) is 6.60. The number of nitrogens with zero attached hydrogens (tertiary/aromatic N) is 2. The van der Waals surface area contributed by atoms with Gasteiger partial charge >= 0.3 is 0 Å². The van der Waals surface area contributed by atoms with Crippen LogP contribution in [-0.4, -0.2) is 47.9 Å². The van der Waals surface area contributed by atoms with Crippen molar-refractivity contribution in [3.63, 3.8) is 0 Å². The highest BCUT2D eigenvalue weighted by Crippen LogP contribution is 2.42. The van der Waals surface area contributed by atoms with Gasteiger partial charge in [0.05, 0.1) is 0 Å². The summed E-state index contributed by atoms with van der Waals surface area (Å²) in [6, 6.07) is 0.388. The Morgan fingerprint density at radius 2 is 2.06 bits per heavy atom. The van der Waals surface area contributed by atoms with E-state index in [0.717, 1.165) is 39.0 Å². The van der Waals surface area contributed by atoms with E-state index in [1.807, 2.05) is 0 Å². The third kappa shape index (κ3) is 1.97. The Morgan fingerprint density at radius 1 is 1.38 bits per heavy atom. The normalized spacial score (nSPS) is 29.9. The molecule has 0 radical (unpaired) electrons. The van der Waals surface area contributed by atoms with Gasteiger partial charge in [0.1, 0.15) is 0 Å². The van der Waals surface area contributed by atoms with Crippen LogP contribution < -0.4 is 0 Å². The molecular formula is C13H24N2O. The van der Waals surface area contributed by atoms with Gasteiger partial charge in [0, 0.05) is 31.1 Å². The molecular weight excluding hydrogens is 200 g/mol. The number of hydrogen-bond acceptors (Lipinski definition) is 2. The van der Waals surface area contributed by atoms with E-state index in [-0.39, 0.29) is 5.41 Å². The highest BCUT2D eigenvalue weighted by molar-refractivity contribution is 5.83. The van der Waals surface area contributed by atoms with Gasteiger partial charge < -0.3 is 4.90 Å². The topological polar surface area (TPSA) is 23.6 Å². The molecule has 0 N–H and O–H groups in total. The van der Waals surface area contributed by atoms with Crippen LogP contribution in [0.4, 0.5) is 0 Å². The maximum absolute atomic E-state index is 12.4.